The lowest BCUT2D eigenvalue weighted by Gasteiger charge is -2.42. The highest BCUT2D eigenvalue weighted by atomic mass is 32.2. The van der Waals surface area contributed by atoms with Gasteiger partial charge in [0.25, 0.3) is 5.56 Å². The van der Waals surface area contributed by atoms with E-state index in [-0.39, 0.29) is 28.5 Å². The smallest absolute Gasteiger partial charge is 0.263 e. The molecule has 7 nitrogen and oxygen atoms in total. The van der Waals surface area contributed by atoms with Crippen LogP contribution >= 0.6 is 11.8 Å². The Balaban J connectivity index is 1.38. The van der Waals surface area contributed by atoms with Crippen LogP contribution in [0.25, 0.3) is 16.9 Å². The third kappa shape index (κ3) is 5.51. The van der Waals surface area contributed by atoms with Crippen molar-refractivity contribution in [2.45, 2.75) is 62.9 Å². The molecule has 4 aromatic rings. The number of fused-ring (bicyclic) bond motifs is 4. The van der Waals surface area contributed by atoms with Gasteiger partial charge < -0.3 is 10.6 Å². The van der Waals surface area contributed by atoms with E-state index in [9.17, 15) is 14.4 Å². The Morgan fingerprint density at radius 1 is 0.905 bits per heavy atom. The number of thioether (sulfide) groups is 1. The molecule has 42 heavy (non-hydrogen) atoms. The van der Waals surface area contributed by atoms with Crippen LogP contribution in [0.3, 0.4) is 0 Å². The van der Waals surface area contributed by atoms with Crippen LogP contribution in [-0.2, 0) is 21.4 Å². The van der Waals surface area contributed by atoms with Gasteiger partial charge in [-0.3, -0.25) is 19.0 Å². The van der Waals surface area contributed by atoms with E-state index in [0.29, 0.717) is 16.5 Å². The zero-order valence-corrected chi connectivity index (χ0v) is 24.7. The summed E-state index contributed by atoms with van der Waals surface area (Å²) in [6.45, 7) is 3.47. The Hall–Kier alpha value is -4.17. The van der Waals surface area contributed by atoms with Gasteiger partial charge in [0.2, 0.25) is 11.8 Å². The number of hydrogen-bond donors (Lipinski definition) is 2. The van der Waals surface area contributed by atoms with Gasteiger partial charge in [0, 0.05) is 29.3 Å². The lowest BCUT2D eigenvalue weighted by atomic mass is 9.62. The molecule has 0 unspecified atom stereocenters. The molecule has 2 aliphatic carbocycles. The zero-order valence-electron chi connectivity index (χ0n) is 23.9. The van der Waals surface area contributed by atoms with Crippen LogP contribution in [0.5, 0.6) is 0 Å². The van der Waals surface area contributed by atoms with Gasteiger partial charge in [-0.15, -0.1) is 0 Å². The molecule has 1 aromatic heterocycles. The summed E-state index contributed by atoms with van der Waals surface area (Å²) in [5.41, 5.74) is 6.74. The predicted octanol–water partition coefficient (Wildman–Crippen LogP) is 6.66. The van der Waals surface area contributed by atoms with Crippen molar-refractivity contribution in [1.29, 1.82) is 0 Å². The second-order valence-corrected chi connectivity index (χ2v) is 12.3. The molecule has 214 valence electrons. The number of hydrogen-bond acceptors (Lipinski definition) is 5. The molecule has 0 bridgehead atoms. The molecule has 1 saturated carbocycles. The molecule has 2 amide bonds. The number of benzene rings is 3. The van der Waals surface area contributed by atoms with Crippen LogP contribution in [0, 0.1) is 6.92 Å². The molecule has 0 radical (unpaired) electrons. The summed E-state index contributed by atoms with van der Waals surface area (Å²) >= 11 is 1.26. The molecule has 2 N–H and O–H groups in total. The normalized spacial score (nSPS) is 15.0. The van der Waals surface area contributed by atoms with E-state index >= 15 is 0 Å². The molecule has 1 heterocycles. The Labute approximate surface area is 249 Å². The van der Waals surface area contributed by atoms with Crippen molar-refractivity contribution in [3.05, 3.63) is 99.8 Å². The average Bonchev–Trinajstić information content (AvgIpc) is 2.98. The first-order valence-electron chi connectivity index (χ1n) is 14.5. The number of amides is 2. The summed E-state index contributed by atoms with van der Waals surface area (Å²) in [7, 11) is 0. The highest BCUT2D eigenvalue weighted by Crippen LogP contribution is 2.49. The highest BCUT2D eigenvalue weighted by Gasteiger charge is 2.43. The SMILES string of the molecule is CC(=O)Nc1ccc(NC(=O)CSc2nc3c(c(=O)n2-c2ccc(C)cc2)C2(CCCCC2)Cc2ccccc2-3)cc1. The van der Waals surface area contributed by atoms with Gasteiger partial charge in [-0.25, -0.2) is 4.98 Å². The fraction of sp³-hybridized carbons (Fsp3) is 0.294. The number of aromatic nitrogens is 2. The van der Waals surface area contributed by atoms with E-state index in [1.54, 1.807) is 28.8 Å². The number of anilines is 2. The quantitative estimate of drug-likeness (QED) is 0.197. The van der Waals surface area contributed by atoms with Crippen LogP contribution in [0.2, 0.25) is 0 Å². The predicted molar refractivity (Wildman–Crippen MR) is 169 cm³/mol. The molecule has 1 spiro atoms. The molecular weight excluding hydrogens is 544 g/mol. The molecule has 6 rings (SSSR count). The number of nitrogens with one attached hydrogen (secondary N) is 2. The molecule has 8 heteroatoms. The first-order chi connectivity index (χ1) is 20.3. The lowest BCUT2D eigenvalue weighted by molar-refractivity contribution is -0.114. The first kappa shape index (κ1) is 28.0. The number of aryl methyl sites for hydroxylation is 1. The number of carbonyl (C=O) groups excluding carboxylic acids is 2. The standard InChI is InChI=1S/C34H34N4O3S/c1-22-10-16-27(17-11-22)38-32(41)30-31(28-9-5-4-8-24(28)20-34(30)18-6-3-7-19-34)37-33(38)42-21-29(40)36-26-14-12-25(13-15-26)35-23(2)39/h4-5,8-17H,3,6-7,18-21H2,1-2H3,(H,35,39)(H,36,40). The number of nitrogens with zero attached hydrogens (tertiary/aromatic N) is 2. The summed E-state index contributed by atoms with van der Waals surface area (Å²) in [4.78, 5) is 44.2. The van der Waals surface area contributed by atoms with Gasteiger partial charge in [0.15, 0.2) is 5.16 Å². The van der Waals surface area contributed by atoms with Crippen LogP contribution in [0.4, 0.5) is 11.4 Å². The van der Waals surface area contributed by atoms with Crippen LogP contribution < -0.4 is 16.2 Å². The largest absolute Gasteiger partial charge is 0.326 e. The number of carbonyl (C=O) groups is 2. The van der Waals surface area contributed by atoms with Gasteiger partial charge in [0.1, 0.15) is 0 Å². The van der Waals surface area contributed by atoms with Crippen molar-refractivity contribution < 1.29 is 9.59 Å². The molecular formula is C34H34N4O3S. The number of rotatable bonds is 6. The first-order valence-corrected chi connectivity index (χ1v) is 15.4. The topological polar surface area (TPSA) is 93.1 Å². The Kier molecular flexibility index (Phi) is 7.73. The van der Waals surface area contributed by atoms with Crippen molar-refractivity contribution in [2.24, 2.45) is 0 Å². The van der Waals surface area contributed by atoms with Gasteiger partial charge in [-0.2, -0.15) is 0 Å². The van der Waals surface area contributed by atoms with Gasteiger partial charge in [-0.1, -0.05) is 73.0 Å². The van der Waals surface area contributed by atoms with Crippen LogP contribution in [-0.4, -0.2) is 27.1 Å². The van der Waals surface area contributed by atoms with E-state index in [1.807, 2.05) is 37.3 Å². The summed E-state index contributed by atoms with van der Waals surface area (Å²) in [5, 5.41) is 6.13. The van der Waals surface area contributed by atoms with E-state index in [0.717, 1.165) is 60.2 Å². The van der Waals surface area contributed by atoms with E-state index in [4.69, 9.17) is 4.98 Å². The van der Waals surface area contributed by atoms with Crippen LogP contribution in [0.1, 0.15) is 55.7 Å². The Bertz CT molecular complexity index is 1700. The minimum atomic E-state index is -0.220. The zero-order chi connectivity index (χ0) is 29.3. The maximum Gasteiger partial charge on any atom is 0.263 e. The minimum absolute atomic E-state index is 0.0308. The maximum atomic E-state index is 14.6. The van der Waals surface area contributed by atoms with E-state index in [1.165, 1.54) is 30.7 Å². The minimum Gasteiger partial charge on any atom is -0.326 e. The second kappa shape index (κ2) is 11.6. The molecule has 3 aromatic carbocycles. The van der Waals surface area contributed by atoms with Gasteiger partial charge in [0.05, 0.1) is 22.7 Å². The van der Waals surface area contributed by atoms with E-state index in [2.05, 4.69) is 28.8 Å². The summed E-state index contributed by atoms with van der Waals surface area (Å²) in [5.74, 6) is -0.284. The Morgan fingerprint density at radius 2 is 1.57 bits per heavy atom. The fourth-order valence-corrected chi connectivity index (χ4v) is 7.18. The molecule has 2 aliphatic rings. The summed E-state index contributed by atoms with van der Waals surface area (Å²) in [6, 6.07) is 23.2. The third-order valence-corrected chi connectivity index (χ3v) is 9.25. The van der Waals surface area contributed by atoms with Crippen molar-refractivity contribution in [3.8, 4) is 16.9 Å². The van der Waals surface area contributed by atoms with Crippen molar-refractivity contribution in [1.82, 2.24) is 9.55 Å². The fourth-order valence-electron chi connectivity index (χ4n) is 6.37. The van der Waals surface area contributed by atoms with Gasteiger partial charge in [-0.05, 0) is 68.1 Å². The molecule has 0 aliphatic heterocycles. The third-order valence-electron chi connectivity index (χ3n) is 8.31. The molecule has 0 atom stereocenters. The molecule has 0 saturated heterocycles. The lowest BCUT2D eigenvalue weighted by Crippen LogP contribution is -2.43. The average molecular weight is 579 g/mol. The molecule has 1 fully saturated rings. The Morgan fingerprint density at radius 3 is 2.26 bits per heavy atom. The van der Waals surface area contributed by atoms with Gasteiger partial charge >= 0.3 is 0 Å². The second-order valence-electron chi connectivity index (χ2n) is 11.4. The van der Waals surface area contributed by atoms with Crippen LogP contribution in [0.15, 0.2) is 82.7 Å². The van der Waals surface area contributed by atoms with Crippen molar-refractivity contribution in [3.63, 3.8) is 0 Å². The monoisotopic (exact) mass is 578 g/mol. The highest BCUT2D eigenvalue weighted by molar-refractivity contribution is 7.99. The summed E-state index contributed by atoms with van der Waals surface area (Å²) in [6.07, 6.45) is 6.22. The van der Waals surface area contributed by atoms with E-state index < -0.39 is 0 Å². The maximum absolute atomic E-state index is 14.6. The van der Waals surface area contributed by atoms with Crippen molar-refractivity contribution >= 4 is 35.0 Å². The van der Waals surface area contributed by atoms with Crippen molar-refractivity contribution in [2.75, 3.05) is 16.4 Å². The summed E-state index contributed by atoms with van der Waals surface area (Å²) < 4.78 is 1.71.